The maximum Gasteiger partial charge on any atom is 0.433 e. The quantitative estimate of drug-likeness (QED) is 0.612. The number of hydrogen-bond donors (Lipinski definition) is 0. The van der Waals surface area contributed by atoms with Crippen molar-refractivity contribution in [2.45, 2.75) is 19.6 Å². The van der Waals surface area contributed by atoms with Gasteiger partial charge in [-0.15, -0.1) is 0 Å². The lowest BCUT2D eigenvalue weighted by atomic mass is 10.4. The molecule has 1 aromatic heterocycles. The van der Waals surface area contributed by atoms with Crippen LogP contribution in [0.25, 0.3) is 0 Å². The summed E-state index contributed by atoms with van der Waals surface area (Å²) in [4.78, 5) is 3.15. The summed E-state index contributed by atoms with van der Waals surface area (Å²) in [6, 6.07) is 0. The van der Waals surface area contributed by atoms with E-state index in [1.807, 2.05) is 6.20 Å². The number of aromatic nitrogens is 2. The highest BCUT2D eigenvalue weighted by Crippen LogP contribution is 2.27. The zero-order valence-electron chi connectivity index (χ0n) is 5.74. The molecule has 5 heteroatoms. The Morgan fingerprint density at radius 2 is 2.18 bits per heavy atom. The van der Waals surface area contributed by atoms with Crippen molar-refractivity contribution in [3.63, 3.8) is 0 Å². The van der Waals surface area contributed by atoms with Crippen molar-refractivity contribution in [2.75, 3.05) is 0 Å². The predicted octanol–water partition coefficient (Wildman–Crippen LogP) is 1.52. The average Bonchev–Trinajstić information content (AvgIpc) is 2.31. The first-order valence-electron chi connectivity index (χ1n) is 2.98. The first-order chi connectivity index (χ1) is 5.05. The van der Waals surface area contributed by atoms with Gasteiger partial charge in [0.15, 0.2) is 12.0 Å². The summed E-state index contributed by atoms with van der Waals surface area (Å²) in [5, 5.41) is 0. The van der Waals surface area contributed by atoms with E-state index < -0.39 is 11.9 Å². The Hall–Kier alpha value is -1.00. The van der Waals surface area contributed by atoms with E-state index in [0.29, 0.717) is 0 Å². The highest BCUT2D eigenvalue weighted by molar-refractivity contribution is 5.00. The topological polar surface area (TPSA) is 17.8 Å². The molecule has 0 spiro atoms. The standard InChI is InChI=1S/C6H5F3N2/c1-2-11-4-10-3-5(11)6(7,8)9/h2H2,1H3. The van der Waals surface area contributed by atoms with E-state index in [1.165, 1.54) is 0 Å². The van der Waals surface area contributed by atoms with Crippen LogP contribution < -0.4 is 0 Å². The zero-order valence-corrected chi connectivity index (χ0v) is 5.74. The Balaban J connectivity index is 3.02. The lowest BCUT2D eigenvalue weighted by molar-refractivity contribution is -0.143. The summed E-state index contributed by atoms with van der Waals surface area (Å²) in [7, 11) is 0. The maximum atomic E-state index is 12.0. The highest BCUT2D eigenvalue weighted by Gasteiger charge is 2.34. The third-order valence-electron chi connectivity index (χ3n) is 1.19. The van der Waals surface area contributed by atoms with Gasteiger partial charge in [-0.05, 0) is 6.92 Å². The number of imidazole rings is 1. The predicted molar refractivity (Wildman–Crippen MR) is 30.6 cm³/mol. The number of rotatable bonds is 1. The minimum absolute atomic E-state index is 0.200. The second kappa shape index (κ2) is 2.56. The highest BCUT2D eigenvalue weighted by atomic mass is 19.4. The minimum Gasteiger partial charge on any atom is -0.318 e. The summed E-state index contributed by atoms with van der Waals surface area (Å²) in [6.45, 7) is 1.78. The lowest BCUT2D eigenvalue weighted by Gasteiger charge is -2.06. The van der Waals surface area contributed by atoms with Gasteiger partial charge in [0.05, 0.1) is 0 Å². The molecular formula is C6H5F3N2. The van der Waals surface area contributed by atoms with Crippen LogP contribution in [0.2, 0.25) is 0 Å². The second-order valence-corrected chi connectivity index (χ2v) is 1.91. The van der Waals surface area contributed by atoms with Gasteiger partial charge in [-0.1, -0.05) is 0 Å². The van der Waals surface area contributed by atoms with Crippen LogP contribution in [0.3, 0.4) is 0 Å². The molecule has 0 atom stereocenters. The fraction of sp³-hybridized carbons (Fsp3) is 0.500. The van der Waals surface area contributed by atoms with E-state index in [2.05, 4.69) is 11.3 Å². The molecule has 0 saturated heterocycles. The fourth-order valence-corrected chi connectivity index (χ4v) is 0.694. The van der Waals surface area contributed by atoms with Crippen molar-refractivity contribution in [1.29, 1.82) is 0 Å². The molecule has 0 bridgehead atoms. The molecule has 0 aromatic carbocycles. The first kappa shape index (κ1) is 8.10. The molecule has 0 fully saturated rings. The van der Waals surface area contributed by atoms with E-state index in [0.717, 1.165) is 4.57 Å². The molecule has 1 rings (SSSR count). The van der Waals surface area contributed by atoms with Gasteiger partial charge in [-0.25, -0.2) is 4.98 Å². The Kier molecular flexibility index (Phi) is 1.89. The van der Waals surface area contributed by atoms with Crippen molar-refractivity contribution < 1.29 is 13.2 Å². The van der Waals surface area contributed by atoms with Crippen molar-refractivity contribution in [3.05, 3.63) is 18.2 Å². The number of halogens is 3. The third kappa shape index (κ3) is 1.53. The molecule has 0 amide bonds. The molecule has 60 valence electrons. The van der Waals surface area contributed by atoms with Crippen LogP contribution in [-0.4, -0.2) is 9.55 Å². The van der Waals surface area contributed by atoms with Gasteiger partial charge in [-0.3, -0.25) is 0 Å². The SMILES string of the molecule is CCn1[c]n[c]c1C(F)(F)F. The molecule has 0 aliphatic heterocycles. The Labute approximate surface area is 61.7 Å². The van der Waals surface area contributed by atoms with Gasteiger partial charge in [0.2, 0.25) is 0 Å². The van der Waals surface area contributed by atoms with E-state index in [4.69, 9.17) is 0 Å². The monoisotopic (exact) mass is 162 g/mol. The maximum absolute atomic E-state index is 12.0. The first-order valence-corrected chi connectivity index (χ1v) is 2.98. The van der Waals surface area contributed by atoms with Gasteiger partial charge in [-0.2, -0.15) is 13.2 Å². The Bertz CT molecular complexity index is 238. The van der Waals surface area contributed by atoms with Crippen LogP contribution in [-0.2, 0) is 12.7 Å². The van der Waals surface area contributed by atoms with Gasteiger partial charge in [0.25, 0.3) is 0 Å². The summed E-state index contributed by atoms with van der Waals surface area (Å²) in [5.74, 6) is 0. The molecule has 11 heavy (non-hydrogen) atoms. The van der Waals surface area contributed by atoms with E-state index >= 15 is 0 Å². The fourth-order valence-electron chi connectivity index (χ4n) is 0.694. The van der Waals surface area contributed by atoms with Crippen LogP contribution in [0.4, 0.5) is 13.2 Å². The van der Waals surface area contributed by atoms with Crippen LogP contribution >= 0.6 is 0 Å². The third-order valence-corrected chi connectivity index (χ3v) is 1.19. The summed E-state index contributed by atoms with van der Waals surface area (Å²) in [6.07, 6.45) is -0.390. The van der Waals surface area contributed by atoms with E-state index in [1.54, 1.807) is 6.92 Å². The largest absolute Gasteiger partial charge is 0.433 e. The van der Waals surface area contributed by atoms with Gasteiger partial charge in [0, 0.05) is 6.54 Å². The van der Waals surface area contributed by atoms with E-state index in [-0.39, 0.29) is 6.54 Å². The Morgan fingerprint density at radius 1 is 1.55 bits per heavy atom. The molecule has 0 unspecified atom stereocenters. The van der Waals surface area contributed by atoms with Crippen LogP contribution in [0.1, 0.15) is 12.6 Å². The lowest BCUT2D eigenvalue weighted by Crippen LogP contribution is -2.12. The molecule has 0 aliphatic carbocycles. The summed E-state index contributed by atoms with van der Waals surface area (Å²) >= 11 is 0. The summed E-state index contributed by atoms with van der Waals surface area (Å²) in [5.41, 5.74) is -0.875. The van der Waals surface area contributed by atoms with E-state index in [9.17, 15) is 13.2 Å². The van der Waals surface area contributed by atoms with Crippen LogP contribution in [0.15, 0.2) is 0 Å². The molecule has 0 aliphatic rings. The molecule has 0 saturated carbocycles. The molecule has 0 N–H and O–H groups in total. The minimum atomic E-state index is -4.37. The smallest absolute Gasteiger partial charge is 0.318 e. The number of nitrogens with zero attached hydrogens (tertiary/aromatic N) is 2. The van der Waals surface area contributed by atoms with Crippen molar-refractivity contribution >= 4 is 0 Å². The van der Waals surface area contributed by atoms with Gasteiger partial charge >= 0.3 is 6.18 Å². The number of aryl methyl sites for hydroxylation is 1. The van der Waals surface area contributed by atoms with Crippen molar-refractivity contribution in [3.8, 4) is 0 Å². The number of alkyl halides is 3. The zero-order chi connectivity index (χ0) is 8.48. The average molecular weight is 162 g/mol. The van der Waals surface area contributed by atoms with Gasteiger partial charge in [0.1, 0.15) is 6.20 Å². The van der Waals surface area contributed by atoms with Gasteiger partial charge < -0.3 is 4.57 Å². The number of hydrogen-bond acceptors (Lipinski definition) is 1. The summed E-state index contributed by atoms with van der Waals surface area (Å²) < 4.78 is 36.7. The molecule has 1 heterocycles. The van der Waals surface area contributed by atoms with Crippen LogP contribution in [0.5, 0.6) is 0 Å². The molecular weight excluding hydrogens is 157 g/mol. The molecule has 2 nitrogen and oxygen atoms in total. The van der Waals surface area contributed by atoms with Crippen molar-refractivity contribution in [2.24, 2.45) is 0 Å². The van der Waals surface area contributed by atoms with Crippen molar-refractivity contribution in [1.82, 2.24) is 9.55 Å². The molecule has 1 aromatic rings. The Morgan fingerprint density at radius 3 is 2.55 bits per heavy atom. The van der Waals surface area contributed by atoms with Crippen LogP contribution in [0, 0.1) is 12.5 Å². The second-order valence-electron chi connectivity index (χ2n) is 1.91. The normalized spacial score (nSPS) is 12.0. The molecule has 2 radical (unpaired) electrons.